The van der Waals surface area contributed by atoms with Gasteiger partial charge in [0.05, 0.1) is 15.8 Å². The van der Waals surface area contributed by atoms with E-state index in [9.17, 15) is 13.2 Å². The molecule has 1 fully saturated rings. The fourth-order valence-corrected chi connectivity index (χ4v) is 4.46. The zero-order valence-corrected chi connectivity index (χ0v) is 16.0. The molecule has 27 heavy (non-hydrogen) atoms. The molecule has 1 aliphatic heterocycles. The quantitative estimate of drug-likeness (QED) is 0.594. The number of halogens is 3. The topological polar surface area (TPSA) is 19.4 Å². The second-order valence-corrected chi connectivity index (χ2v) is 7.88. The molecule has 0 N–H and O–H groups in total. The van der Waals surface area contributed by atoms with Gasteiger partial charge in [0.2, 0.25) is 0 Å². The van der Waals surface area contributed by atoms with Crippen molar-refractivity contribution in [3.05, 3.63) is 53.1 Å². The minimum absolute atomic E-state index is 0.598. The zero-order chi connectivity index (χ0) is 19.2. The molecule has 0 unspecified atom stereocenters. The summed E-state index contributed by atoms with van der Waals surface area (Å²) in [6, 6.07) is 9.80. The summed E-state index contributed by atoms with van der Waals surface area (Å²) in [5, 5.41) is 0.988. The lowest BCUT2D eigenvalue weighted by Gasteiger charge is -2.36. The molecule has 2 heterocycles. The van der Waals surface area contributed by atoms with E-state index in [1.165, 1.54) is 28.0 Å². The number of alkyl halides is 3. The van der Waals surface area contributed by atoms with Gasteiger partial charge in [0.25, 0.3) is 0 Å². The van der Waals surface area contributed by atoms with E-state index < -0.39 is 11.7 Å². The molecule has 2 aromatic carbocycles. The van der Waals surface area contributed by atoms with Crippen molar-refractivity contribution in [1.82, 2.24) is 4.98 Å². The van der Waals surface area contributed by atoms with Crippen LogP contribution in [0.15, 0.2) is 36.4 Å². The summed E-state index contributed by atoms with van der Waals surface area (Å²) < 4.78 is 40.0. The first-order valence-electron chi connectivity index (χ1n) is 8.87. The molecule has 7 heteroatoms. The highest BCUT2D eigenvalue weighted by molar-refractivity contribution is 7.22. The van der Waals surface area contributed by atoms with Crippen LogP contribution in [0.4, 0.5) is 24.0 Å². The van der Waals surface area contributed by atoms with Gasteiger partial charge in [-0.3, -0.25) is 0 Å². The average molecular weight is 391 g/mol. The van der Waals surface area contributed by atoms with Crippen LogP contribution in [0.3, 0.4) is 0 Å². The first-order chi connectivity index (χ1) is 12.8. The second kappa shape index (κ2) is 6.71. The number of hydrogen-bond donors (Lipinski definition) is 0. The smallest absolute Gasteiger partial charge is 0.368 e. The lowest BCUT2D eigenvalue weighted by Crippen LogP contribution is -2.46. The predicted octanol–water partition coefficient (Wildman–Crippen LogP) is 5.26. The number of piperazine rings is 1. The monoisotopic (exact) mass is 391 g/mol. The molecular formula is C20H20F3N3S. The maximum Gasteiger partial charge on any atom is 0.416 e. The van der Waals surface area contributed by atoms with E-state index in [4.69, 9.17) is 4.98 Å². The third-order valence-corrected chi connectivity index (χ3v) is 6.24. The van der Waals surface area contributed by atoms with Gasteiger partial charge in [0.15, 0.2) is 5.13 Å². The van der Waals surface area contributed by atoms with Crippen molar-refractivity contribution in [3.63, 3.8) is 0 Å². The Bertz CT molecular complexity index is 972. The number of aromatic nitrogens is 1. The van der Waals surface area contributed by atoms with Crippen molar-refractivity contribution in [2.45, 2.75) is 20.0 Å². The molecule has 4 rings (SSSR count). The van der Waals surface area contributed by atoms with Crippen LogP contribution in [0.25, 0.3) is 10.2 Å². The van der Waals surface area contributed by atoms with Crippen LogP contribution in [0.2, 0.25) is 0 Å². The van der Waals surface area contributed by atoms with Gasteiger partial charge in [-0.2, -0.15) is 13.2 Å². The Balaban J connectivity index is 1.50. The van der Waals surface area contributed by atoms with E-state index in [2.05, 4.69) is 30.9 Å². The summed E-state index contributed by atoms with van der Waals surface area (Å²) in [6.45, 7) is 7.01. The number of anilines is 2. The van der Waals surface area contributed by atoms with E-state index in [1.54, 1.807) is 17.4 Å². The first-order valence-corrected chi connectivity index (χ1v) is 9.68. The summed E-state index contributed by atoms with van der Waals surface area (Å²) in [6.07, 6.45) is -4.31. The average Bonchev–Trinajstić information content (AvgIpc) is 3.09. The van der Waals surface area contributed by atoms with E-state index in [-0.39, 0.29) is 0 Å². The van der Waals surface area contributed by atoms with Gasteiger partial charge >= 0.3 is 6.18 Å². The van der Waals surface area contributed by atoms with Crippen molar-refractivity contribution in [1.29, 1.82) is 0 Å². The highest BCUT2D eigenvalue weighted by Gasteiger charge is 2.31. The van der Waals surface area contributed by atoms with E-state index >= 15 is 0 Å². The molecule has 3 aromatic rings. The molecule has 1 aromatic heterocycles. The lowest BCUT2D eigenvalue weighted by atomic mass is 10.1. The van der Waals surface area contributed by atoms with Gasteiger partial charge in [-0.1, -0.05) is 23.5 Å². The molecule has 142 valence electrons. The summed E-state index contributed by atoms with van der Waals surface area (Å²) in [7, 11) is 0. The lowest BCUT2D eigenvalue weighted by molar-refractivity contribution is -0.137. The normalized spacial score (nSPS) is 15.6. The van der Waals surface area contributed by atoms with Crippen LogP contribution in [-0.2, 0) is 6.18 Å². The number of aryl methyl sites for hydroxylation is 2. The molecule has 1 saturated heterocycles. The van der Waals surface area contributed by atoms with Crippen LogP contribution in [0.1, 0.15) is 16.7 Å². The molecule has 3 nitrogen and oxygen atoms in total. The summed E-state index contributed by atoms with van der Waals surface area (Å²) in [5.41, 5.74) is 3.52. The van der Waals surface area contributed by atoms with Crippen LogP contribution in [0, 0.1) is 13.8 Å². The maximum absolute atomic E-state index is 12.9. The number of thiazole rings is 1. The highest BCUT2D eigenvalue weighted by atomic mass is 32.1. The van der Waals surface area contributed by atoms with E-state index in [1.807, 2.05) is 4.90 Å². The minimum Gasteiger partial charge on any atom is -0.368 e. The van der Waals surface area contributed by atoms with Crippen molar-refractivity contribution >= 4 is 32.4 Å². The summed E-state index contributed by atoms with van der Waals surface area (Å²) in [4.78, 5) is 9.05. The van der Waals surface area contributed by atoms with Crippen LogP contribution < -0.4 is 9.80 Å². The van der Waals surface area contributed by atoms with Crippen molar-refractivity contribution in [2.24, 2.45) is 0 Å². The van der Waals surface area contributed by atoms with Crippen LogP contribution in [0.5, 0.6) is 0 Å². The maximum atomic E-state index is 12.9. The van der Waals surface area contributed by atoms with Crippen molar-refractivity contribution in [3.8, 4) is 0 Å². The molecule has 0 amide bonds. The molecule has 0 radical (unpaired) electrons. The van der Waals surface area contributed by atoms with Gasteiger partial charge in [-0.05, 0) is 49.2 Å². The minimum atomic E-state index is -4.31. The number of rotatable bonds is 2. The largest absolute Gasteiger partial charge is 0.416 e. The summed E-state index contributed by atoms with van der Waals surface area (Å²) >= 11 is 1.68. The predicted molar refractivity (Wildman–Crippen MR) is 105 cm³/mol. The Kier molecular flexibility index (Phi) is 4.50. The fraction of sp³-hybridized carbons (Fsp3) is 0.350. The standard InChI is InChI=1S/C20H20F3N3S/c1-13-6-7-17-18(14(13)2)24-19(27-17)26-10-8-25(9-11-26)16-5-3-4-15(12-16)20(21,22)23/h3-7,12H,8-11H2,1-2H3. The molecule has 0 atom stereocenters. The molecule has 0 spiro atoms. The number of nitrogens with zero attached hydrogens (tertiary/aromatic N) is 3. The van der Waals surface area contributed by atoms with Gasteiger partial charge in [0.1, 0.15) is 0 Å². The van der Waals surface area contributed by atoms with Gasteiger partial charge in [-0.15, -0.1) is 0 Å². The van der Waals surface area contributed by atoms with E-state index in [0.29, 0.717) is 18.8 Å². The molecule has 1 aliphatic rings. The molecular weight excluding hydrogens is 371 g/mol. The number of hydrogen-bond acceptors (Lipinski definition) is 4. The Hall–Kier alpha value is -2.28. The first kappa shape index (κ1) is 18.1. The second-order valence-electron chi connectivity index (χ2n) is 6.87. The Morgan fingerprint density at radius 1 is 0.963 bits per heavy atom. The summed E-state index contributed by atoms with van der Waals surface area (Å²) in [5.74, 6) is 0. The van der Waals surface area contributed by atoms with Gasteiger partial charge in [0, 0.05) is 31.9 Å². The Morgan fingerprint density at radius 2 is 1.67 bits per heavy atom. The molecule has 0 saturated carbocycles. The Morgan fingerprint density at radius 3 is 2.37 bits per heavy atom. The zero-order valence-electron chi connectivity index (χ0n) is 15.2. The number of fused-ring (bicyclic) bond motifs is 1. The molecule has 0 aliphatic carbocycles. The number of benzene rings is 2. The van der Waals surface area contributed by atoms with Crippen molar-refractivity contribution in [2.75, 3.05) is 36.0 Å². The van der Waals surface area contributed by atoms with E-state index in [0.717, 1.165) is 29.8 Å². The fourth-order valence-electron chi connectivity index (χ4n) is 3.38. The van der Waals surface area contributed by atoms with Gasteiger partial charge < -0.3 is 9.80 Å². The van der Waals surface area contributed by atoms with Crippen LogP contribution >= 0.6 is 11.3 Å². The van der Waals surface area contributed by atoms with Crippen molar-refractivity contribution < 1.29 is 13.2 Å². The molecule has 0 bridgehead atoms. The highest BCUT2D eigenvalue weighted by Crippen LogP contribution is 2.34. The third-order valence-electron chi connectivity index (χ3n) is 5.16. The van der Waals surface area contributed by atoms with Crippen LogP contribution in [-0.4, -0.2) is 31.2 Å². The third kappa shape index (κ3) is 3.48. The SMILES string of the molecule is Cc1ccc2sc(N3CCN(c4cccc(C(F)(F)F)c4)CC3)nc2c1C. The van der Waals surface area contributed by atoms with Gasteiger partial charge in [-0.25, -0.2) is 4.98 Å². The Labute approximate surface area is 160 Å².